The number of hydrogen-bond acceptors (Lipinski definition) is 2. The van der Waals surface area contributed by atoms with Gasteiger partial charge in [0.15, 0.2) is 0 Å². The van der Waals surface area contributed by atoms with Crippen molar-refractivity contribution in [2.45, 2.75) is 26.0 Å². The van der Waals surface area contributed by atoms with E-state index in [0.29, 0.717) is 5.92 Å². The van der Waals surface area contributed by atoms with Crippen molar-refractivity contribution in [3.8, 4) is 0 Å². The number of halogens is 1. The fourth-order valence-electron chi connectivity index (χ4n) is 1.33. The van der Waals surface area contributed by atoms with Gasteiger partial charge >= 0.3 is 5.97 Å². The summed E-state index contributed by atoms with van der Waals surface area (Å²) in [5.41, 5.74) is 0.571. The fraction of sp³-hybridized carbons (Fsp3) is 0.462. The van der Waals surface area contributed by atoms with Crippen LogP contribution in [0.5, 0.6) is 0 Å². The fourth-order valence-corrected chi connectivity index (χ4v) is 2.53. The Morgan fingerprint density at radius 3 is 2.71 bits per heavy atom. The van der Waals surface area contributed by atoms with Crippen LogP contribution in [0.15, 0.2) is 18.2 Å². The van der Waals surface area contributed by atoms with Gasteiger partial charge in [0.2, 0.25) is 0 Å². The van der Waals surface area contributed by atoms with Gasteiger partial charge in [0.25, 0.3) is 0 Å². The Morgan fingerprint density at radius 1 is 1.47 bits per heavy atom. The van der Waals surface area contributed by atoms with Gasteiger partial charge in [0, 0.05) is 5.75 Å². The van der Waals surface area contributed by atoms with Crippen molar-refractivity contribution in [3.63, 3.8) is 0 Å². The molecule has 0 aliphatic rings. The second-order valence-corrected chi connectivity index (χ2v) is 5.46. The molecule has 0 radical (unpaired) electrons. The largest absolute Gasteiger partial charge is 0.478 e. The van der Waals surface area contributed by atoms with Crippen LogP contribution in [0.25, 0.3) is 0 Å². The maximum absolute atomic E-state index is 13.3. The average Bonchev–Trinajstić information content (AvgIpc) is 2.23. The first-order valence-electron chi connectivity index (χ1n) is 5.60. The first-order chi connectivity index (χ1) is 8.00. The summed E-state index contributed by atoms with van der Waals surface area (Å²) >= 11 is 1.74. The molecular formula is C13H17FO2S. The number of benzene rings is 1. The first kappa shape index (κ1) is 14.0. The zero-order valence-electron chi connectivity index (χ0n) is 10.1. The minimum Gasteiger partial charge on any atom is -0.478 e. The van der Waals surface area contributed by atoms with Crippen LogP contribution < -0.4 is 0 Å². The summed E-state index contributed by atoms with van der Waals surface area (Å²) in [5, 5.41) is 8.69. The van der Waals surface area contributed by atoms with Gasteiger partial charge in [0.1, 0.15) is 5.82 Å². The quantitative estimate of drug-likeness (QED) is 0.786. The molecule has 0 saturated carbocycles. The van der Waals surface area contributed by atoms with Gasteiger partial charge in [-0.15, -0.1) is 0 Å². The van der Waals surface area contributed by atoms with Crippen LogP contribution in [0, 0.1) is 11.7 Å². The summed E-state index contributed by atoms with van der Waals surface area (Å²) in [7, 11) is 0. The molecule has 0 aromatic heterocycles. The summed E-state index contributed by atoms with van der Waals surface area (Å²) in [4.78, 5) is 10.6. The SMILES string of the molecule is CC(C)CCSCc1ccc(C(=O)O)c(F)c1. The Bertz CT molecular complexity index is 391. The Hall–Kier alpha value is -1.03. The van der Waals surface area contributed by atoms with E-state index in [1.54, 1.807) is 17.8 Å². The molecule has 0 spiro atoms. The number of carboxylic acid groups (broad SMARTS) is 1. The molecule has 1 aromatic rings. The monoisotopic (exact) mass is 256 g/mol. The molecule has 0 aliphatic heterocycles. The van der Waals surface area contributed by atoms with Gasteiger partial charge < -0.3 is 5.11 Å². The van der Waals surface area contributed by atoms with Crippen LogP contribution in [-0.4, -0.2) is 16.8 Å². The predicted molar refractivity (Wildman–Crippen MR) is 69.0 cm³/mol. The lowest BCUT2D eigenvalue weighted by atomic mass is 10.1. The highest BCUT2D eigenvalue weighted by atomic mass is 32.2. The smallest absolute Gasteiger partial charge is 0.338 e. The molecule has 0 heterocycles. The Balaban J connectivity index is 2.50. The van der Waals surface area contributed by atoms with Gasteiger partial charge in [-0.3, -0.25) is 0 Å². The van der Waals surface area contributed by atoms with Gasteiger partial charge in [0.05, 0.1) is 5.56 Å². The zero-order valence-corrected chi connectivity index (χ0v) is 10.9. The van der Waals surface area contributed by atoms with E-state index in [-0.39, 0.29) is 5.56 Å². The van der Waals surface area contributed by atoms with Crippen LogP contribution in [-0.2, 0) is 5.75 Å². The van der Waals surface area contributed by atoms with E-state index < -0.39 is 11.8 Å². The van der Waals surface area contributed by atoms with Crippen LogP contribution in [0.4, 0.5) is 4.39 Å². The molecule has 0 unspecified atom stereocenters. The summed E-state index contributed by atoms with van der Waals surface area (Å²) in [6, 6.07) is 4.32. The van der Waals surface area contributed by atoms with Gasteiger partial charge in [-0.2, -0.15) is 11.8 Å². The molecule has 0 bridgehead atoms. The normalized spacial score (nSPS) is 10.8. The predicted octanol–water partition coefficient (Wildman–Crippen LogP) is 3.80. The van der Waals surface area contributed by atoms with Crippen LogP contribution >= 0.6 is 11.8 Å². The summed E-state index contributed by atoms with van der Waals surface area (Å²) in [6.07, 6.45) is 1.14. The van der Waals surface area contributed by atoms with E-state index in [9.17, 15) is 9.18 Å². The van der Waals surface area contributed by atoms with Crippen molar-refractivity contribution < 1.29 is 14.3 Å². The molecule has 0 aliphatic carbocycles. The van der Waals surface area contributed by atoms with Gasteiger partial charge in [-0.1, -0.05) is 19.9 Å². The lowest BCUT2D eigenvalue weighted by Gasteiger charge is -2.05. The molecule has 0 fully saturated rings. The molecule has 4 heteroatoms. The molecule has 1 rings (SSSR count). The maximum atomic E-state index is 13.3. The Labute approximate surface area is 105 Å². The molecule has 0 amide bonds. The lowest BCUT2D eigenvalue weighted by Crippen LogP contribution is -2.01. The van der Waals surface area contributed by atoms with Crippen LogP contribution in [0.3, 0.4) is 0 Å². The second-order valence-electron chi connectivity index (χ2n) is 4.35. The molecule has 0 saturated heterocycles. The van der Waals surface area contributed by atoms with Crippen molar-refractivity contribution in [2.24, 2.45) is 5.92 Å². The van der Waals surface area contributed by atoms with E-state index in [2.05, 4.69) is 13.8 Å². The Kier molecular flexibility index (Phi) is 5.48. The topological polar surface area (TPSA) is 37.3 Å². The third-order valence-corrected chi connectivity index (χ3v) is 3.43. The molecular weight excluding hydrogens is 239 g/mol. The van der Waals surface area contributed by atoms with E-state index >= 15 is 0 Å². The molecule has 1 aromatic carbocycles. The number of aromatic carboxylic acids is 1. The van der Waals surface area contributed by atoms with Gasteiger partial charge in [-0.05, 0) is 35.8 Å². The number of thioether (sulfide) groups is 1. The van der Waals surface area contributed by atoms with Crippen LogP contribution in [0.1, 0.15) is 36.2 Å². The number of hydrogen-bond donors (Lipinski definition) is 1. The number of carboxylic acids is 1. The van der Waals surface area contributed by atoms with E-state index in [1.165, 1.54) is 12.1 Å². The third-order valence-electron chi connectivity index (χ3n) is 2.37. The highest BCUT2D eigenvalue weighted by Crippen LogP contribution is 2.18. The maximum Gasteiger partial charge on any atom is 0.338 e. The summed E-state index contributed by atoms with van der Waals surface area (Å²) in [6.45, 7) is 4.34. The van der Waals surface area contributed by atoms with Crippen LogP contribution in [0.2, 0.25) is 0 Å². The van der Waals surface area contributed by atoms with Crippen molar-refractivity contribution in [1.82, 2.24) is 0 Å². The number of carbonyl (C=O) groups is 1. The van der Waals surface area contributed by atoms with Crippen molar-refractivity contribution >= 4 is 17.7 Å². The van der Waals surface area contributed by atoms with Crippen molar-refractivity contribution in [2.75, 3.05) is 5.75 Å². The van der Waals surface area contributed by atoms with E-state index in [0.717, 1.165) is 23.5 Å². The second kappa shape index (κ2) is 6.64. The standard InChI is InChI=1S/C13H17FO2S/c1-9(2)5-6-17-8-10-3-4-11(13(15)16)12(14)7-10/h3-4,7,9H,5-6,8H2,1-2H3,(H,15,16). The zero-order chi connectivity index (χ0) is 12.8. The highest BCUT2D eigenvalue weighted by molar-refractivity contribution is 7.98. The molecule has 2 nitrogen and oxygen atoms in total. The number of rotatable bonds is 6. The first-order valence-corrected chi connectivity index (χ1v) is 6.75. The summed E-state index contributed by atoms with van der Waals surface area (Å²) < 4.78 is 13.3. The summed E-state index contributed by atoms with van der Waals surface area (Å²) in [5.74, 6) is 0.568. The molecule has 17 heavy (non-hydrogen) atoms. The van der Waals surface area contributed by atoms with E-state index in [1.807, 2.05) is 0 Å². The average molecular weight is 256 g/mol. The van der Waals surface area contributed by atoms with Gasteiger partial charge in [-0.25, -0.2) is 9.18 Å². The van der Waals surface area contributed by atoms with E-state index in [4.69, 9.17) is 5.11 Å². The minimum absolute atomic E-state index is 0.263. The molecule has 0 atom stereocenters. The third kappa shape index (κ3) is 4.77. The van der Waals surface area contributed by atoms with Crippen molar-refractivity contribution in [3.05, 3.63) is 35.1 Å². The van der Waals surface area contributed by atoms with Crippen molar-refractivity contribution in [1.29, 1.82) is 0 Å². The Morgan fingerprint density at radius 2 is 2.18 bits per heavy atom. The molecule has 94 valence electrons. The lowest BCUT2D eigenvalue weighted by molar-refractivity contribution is 0.0692. The highest BCUT2D eigenvalue weighted by Gasteiger charge is 2.10. The minimum atomic E-state index is -1.22. The molecule has 1 N–H and O–H groups in total.